The van der Waals surface area contributed by atoms with Crippen molar-refractivity contribution in [1.82, 2.24) is 9.97 Å². The second-order valence-corrected chi connectivity index (χ2v) is 4.96. The Hall–Kier alpha value is -1.81. The number of aryl methyl sites for hydroxylation is 1. The van der Waals surface area contributed by atoms with Crippen LogP contribution in [0, 0.1) is 0 Å². The summed E-state index contributed by atoms with van der Waals surface area (Å²) in [5.74, 6) is 1.36. The minimum atomic E-state index is 0.325. The third-order valence-corrected chi connectivity index (χ3v) is 3.26. The number of aromatic nitrogens is 2. The van der Waals surface area contributed by atoms with Crippen molar-refractivity contribution < 1.29 is 0 Å². The van der Waals surface area contributed by atoms with Gasteiger partial charge in [0.2, 0.25) is 0 Å². The lowest BCUT2D eigenvalue weighted by molar-refractivity contribution is 0.834. The Balaban J connectivity index is 2.01. The van der Waals surface area contributed by atoms with E-state index in [0.29, 0.717) is 16.7 Å². The number of anilines is 2. The fourth-order valence-corrected chi connectivity index (χ4v) is 2.11. The molecule has 3 N–H and O–H groups in total. The first-order chi connectivity index (χ1) is 9.70. The zero-order chi connectivity index (χ0) is 14.4. The number of halogens is 1. The average Bonchev–Trinajstić information content (AvgIpc) is 2.45. The van der Waals surface area contributed by atoms with E-state index in [2.05, 4.69) is 34.3 Å². The lowest BCUT2D eigenvalue weighted by Gasteiger charge is -2.11. The van der Waals surface area contributed by atoms with Crippen LogP contribution in [-0.4, -0.2) is 16.5 Å². The molecule has 2 aromatic rings. The summed E-state index contributed by atoms with van der Waals surface area (Å²) < 4.78 is 0. The van der Waals surface area contributed by atoms with Crippen LogP contribution in [0.3, 0.4) is 0 Å². The molecule has 2 rings (SSSR count). The van der Waals surface area contributed by atoms with Gasteiger partial charge in [-0.25, -0.2) is 9.97 Å². The lowest BCUT2D eigenvalue weighted by Crippen LogP contribution is -2.11. The Morgan fingerprint density at radius 3 is 2.60 bits per heavy atom. The number of nitrogens with one attached hydrogen (secondary N) is 1. The van der Waals surface area contributed by atoms with Crippen LogP contribution < -0.4 is 11.1 Å². The third-order valence-electron chi connectivity index (χ3n) is 2.97. The van der Waals surface area contributed by atoms with Gasteiger partial charge in [0.15, 0.2) is 11.0 Å². The Morgan fingerprint density at radius 2 is 1.90 bits per heavy atom. The van der Waals surface area contributed by atoms with Gasteiger partial charge in [0, 0.05) is 13.0 Å². The molecule has 0 spiro atoms. The number of nitrogens with two attached hydrogens (primary N) is 1. The standard InChI is InChI=1S/C15H19ClN4/c1-2-6-12-19-14(16)13(17)15(20-12)18-10-9-11-7-4-3-5-8-11/h3-5,7-8H,2,6,9-10,17H2,1H3,(H,18,19,20). The Kier molecular flexibility index (Phi) is 5.18. The summed E-state index contributed by atoms with van der Waals surface area (Å²) in [4.78, 5) is 8.60. The molecule has 4 nitrogen and oxygen atoms in total. The van der Waals surface area contributed by atoms with Crippen molar-refractivity contribution in [2.24, 2.45) is 0 Å². The fraction of sp³-hybridized carbons (Fsp3) is 0.333. The summed E-state index contributed by atoms with van der Waals surface area (Å²) in [7, 11) is 0. The molecular weight excluding hydrogens is 272 g/mol. The fourth-order valence-electron chi connectivity index (χ4n) is 1.93. The van der Waals surface area contributed by atoms with Crippen molar-refractivity contribution in [2.75, 3.05) is 17.6 Å². The highest BCUT2D eigenvalue weighted by molar-refractivity contribution is 6.32. The maximum Gasteiger partial charge on any atom is 0.157 e. The molecule has 0 amide bonds. The highest BCUT2D eigenvalue weighted by atomic mass is 35.5. The van der Waals surface area contributed by atoms with Crippen molar-refractivity contribution >= 4 is 23.1 Å². The van der Waals surface area contributed by atoms with E-state index in [1.165, 1.54) is 5.56 Å². The lowest BCUT2D eigenvalue weighted by atomic mass is 10.1. The van der Waals surface area contributed by atoms with Gasteiger partial charge < -0.3 is 11.1 Å². The number of hydrogen-bond acceptors (Lipinski definition) is 4. The van der Waals surface area contributed by atoms with Crippen molar-refractivity contribution in [3.63, 3.8) is 0 Å². The molecule has 0 aliphatic rings. The van der Waals surface area contributed by atoms with Gasteiger partial charge in [-0.2, -0.15) is 0 Å². The molecule has 1 aromatic carbocycles. The summed E-state index contributed by atoms with van der Waals surface area (Å²) in [6.07, 6.45) is 2.68. The maximum absolute atomic E-state index is 6.03. The number of benzene rings is 1. The SMILES string of the molecule is CCCc1nc(Cl)c(N)c(NCCc2ccccc2)n1. The smallest absolute Gasteiger partial charge is 0.157 e. The summed E-state index contributed by atoms with van der Waals surface area (Å²) in [5, 5.41) is 3.57. The van der Waals surface area contributed by atoms with E-state index in [9.17, 15) is 0 Å². The molecule has 0 unspecified atom stereocenters. The molecule has 0 saturated heterocycles. The third kappa shape index (κ3) is 3.84. The average molecular weight is 291 g/mol. The van der Waals surface area contributed by atoms with E-state index >= 15 is 0 Å². The van der Waals surface area contributed by atoms with Gasteiger partial charge in [0.05, 0.1) is 0 Å². The molecule has 0 aliphatic carbocycles. The number of nitrogens with zero attached hydrogens (tertiary/aromatic N) is 2. The van der Waals surface area contributed by atoms with Crippen molar-refractivity contribution in [2.45, 2.75) is 26.2 Å². The zero-order valence-corrected chi connectivity index (χ0v) is 12.3. The molecule has 0 bridgehead atoms. The first-order valence-corrected chi connectivity index (χ1v) is 7.18. The highest BCUT2D eigenvalue weighted by Crippen LogP contribution is 2.24. The van der Waals surface area contributed by atoms with Crippen molar-refractivity contribution in [3.05, 3.63) is 46.9 Å². The van der Waals surface area contributed by atoms with Crippen LogP contribution in [0.4, 0.5) is 11.5 Å². The summed E-state index contributed by atoms with van der Waals surface area (Å²) in [5.41, 5.74) is 7.59. The molecule has 5 heteroatoms. The van der Waals surface area contributed by atoms with Crippen LogP contribution in [0.25, 0.3) is 0 Å². The topological polar surface area (TPSA) is 63.8 Å². The molecule has 20 heavy (non-hydrogen) atoms. The molecule has 0 saturated carbocycles. The molecular formula is C15H19ClN4. The van der Waals surface area contributed by atoms with Crippen LogP contribution in [0.5, 0.6) is 0 Å². The van der Waals surface area contributed by atoms with Gasteiger partial charge >= 0.3 is 0 Å². The van der Waals surface area contributed by atoms with Crippen LogP contribution in [0.15, 0.2) is 30.3 Å². The van der Waals surface area contributed by atoms with Crippen LogP contribution in [-0.2, 0) is 12.8 Å². The molecule has 1 heterocycles. The Bertz CT molecular complexity index is 557. The molecule has 0 radical (unpaired) electrons. The second-order valence-electron chi connectivity index (χ2n) is 4.61. The predicted molar refractivity (Wildman–Crippen MR) is 84.1 cm³/mol. The van der Waals surface area contributed by atoms with E-state index in [0.717, 1.165) is 31.6 Å². The van der Waals surface area contributed by atoms with Crippen LogP contribution >= 0.6 is 11.6 Å². The first kappa shape index (κ1) is 14.6. The van der Waals surface area contributed by atoms with E-state index in [1.807, 2.05) is 18.2 Å². The predicted octanol–water partition coefficient (Wildman–Crippen LogP) is 3.32. The van der Waals surface area contributed by atoms with Gasteiger partial charge in [-0.05, 0) is 18.4 Å². The number of nitrogen functional groups attached to an aromatic ring is 1. The quantitative estimate of drug-likeness (QED) is 0.801. The molecule has 106 valence electrons. The minimum Gasteiger partial charge on any atom is -0.393 e. The Morgan fingerprint density at radius 1 is 1.15 bits per heavy atom. The number of hydrogen-bond donors (Lipinski definition) is 2. The van der Waals surface area contributed by atoms with Gasteiger partial charge in [-0.1, -0.05) is 48.9 Å². The minimum absolute atomic E-state index is 0.325. The number of rotatable bonds is 6. The zero-order valence-electron chi connectivity index (χ0n) is 11.6. The van der Waals surface area contributed by atoms with Gasteiger partial charge in [0.25, 0.3) is 0 Å². The van der Waals surface area contributed by atoms with Gasteiger partial charge in [0.1, 0.15) is 11.5 Å². The maximum atomic E-state index is 6.03. The first-order valence-electron chi connectivity index (χ1n) is 6.80. The summed E-state index contributed by atoms with van der Waals surface area (Å²) in [6.45, 7) is 2.84. The van der Waals surface area contributed by atoms with Gasteiger partial charge in [-0.15, -0.1) is 0 Å². The van der Waals surface area contributed by atoms with E-state index in [1.54, 1.807) is 0 Å². The molecule has 1 aromatic heterocycles. The van der Waals surface area contributed by atoms with E-state index < -0.39 is 0 Å². The normalized spacial score (nSPS) is 10.5. The molecule has 0 atom stereocenters. The van der Waals surface area contributed by atoms with Crippen molar-refractivity contribution in [1.29, 1.82) is 0 Å². The van der Waals surface area contributed by atoms with E-state index in [4.69, 9.17) is 17.3 Å². The molecule has 0 aliphatic heterocycles. The second kappa shape index (κ2) is 7.10. The van der Waals surface area contributed by atoms with Crippen LogP contribution in [0.1, 0.15) is 24.7 Å². The van der Waals surface area contributed by atoms with Crippen molar-refractivity contribution in [3.8, 4) is 0 Å². The van der Waals surface area contributed by atoms with E-state index in [-0.39, 0.29) is 0 Å². The highest BCUT2D eigenvalue weighted by Gasteiger charge is 2.09. The van der Waals surface area contributed by atoms with Crippen LogP contribution in [0.2, 0.25) is 5.15 Å². The van der Waals surface area contributed by atoms with Gasteiger partial charge in [-0.3, -0.25) is 0 Å². The Labute approximate surface area is 124 Å². The summed E-state index contributed by atoms with van der Waals surface area (Å²) >= 11 is 6.03. The largest absolute Gasteiger partial charge is 0.393 e. The monoisotopic (exact) mass is 290 g/mol. The summed E-state index contributed by atoms with van der Waals surface area (Å²) in [6, 6.07) is 10.3. The molecule has 0 fully saturated rings.